The summed E-state index contributed by atoms with van der Waals surface area (Å²) in [6.07, 6.45) is 2.02. The molecule has 1 aliphatic rings. The van der Waals surface area contributed by atoms with Crippen molar-refractivity contribution in [1.29, 1.82) is 0 Å². The van der Waals surface area contributed by atoms with Crippen LogP contribution in [0, 0.1) is 5.82 Å². The molecule has 3 N–H and O–H groups in total. The fourth-order valence-corrected chi connectivity index (χ4v) is 3.74. The van der Waals surface area contributed by atoms with Gasteiger partial charge in [-0.3, -0.25) is 9.36 Å². The van der Waals surface area contributed by atoms with E-state index in [9.17, 15) is 19.4 Å². The molecule has 4 rings (SSSR count). The molecule has 31 heavy (non-hydrogen) atoms. The maximum Gasteiger partial charge on any atom is 0.279 e. The molecule has 3 heterocycles. The van der Waals surface area contributed by atoms with Crippen molar-refractivity contribution < 1.29 is 14.6 Å². The zero-order chi connectivity index (χ0) is 20.4. The van der Waals surface area contributed by atoms with Crippen LogP contribution in [0.5, 0.6) is 0 Å². The molecule has 1 aromatic carbocycles. The Morgan fingerprint density at radius 2 is 2.06 bits per heavy atom. The lowest BCUT2D eigenvalue weighted by atomic mass is 9.96. The lowest BCUT2D eigenvalue weighted by molar-refractivity contribution is 0.0539. The summed E-state index contributed by atoms with van der Waals surface area (Å²) in [5.74, 6) is -0.380. The van der Waals surface area contributed by atoms with Gasteiger partial charge in [0.15, 0.2) is 5.52 Å². The van der Waals surface area contributed by atoms with Crippen LogP contribution in [0.25, 0.3) is 22.3 Å². The highest BCUT2D eigenvalue weighted by Gasteiger charge is 2.25. The molecule has 1 fully saturated rings. The van der Waals surface area contributed by atoms with E-state index in [1.807, 2.05) is 0 Å². The van der Waals surface area contributed by atoms with Crippen molar-refractivity contribution in [3.8, 4) is 11.3 Å². The van der Waals surface area contributed by atoms with Crippen LogP contribution in [0.3, 0.4) is 0 Å². The lowest BCUT2D eigenvalue weighted by Crippen LogP contribution is -2.47. The number of piperidine rings is 1. The van der Waals surface area contributed by atoms with E-state index >= 15 is 0 Å². The van der Waals surface area contributed by atoms with Crippen molar-refractivity contribution >= 4 is 35.8 Å². The van der Waals surface area contributed by atoms with Gasteiger partial charge in [0.25, 0.3) is 5.56 Å². The van der Waals surface area contributed by atoms with Gasteiger partial charge in [-0.1, -0.05) is 12.1 Å². The first-order chi connectivity index (χ1) is 14.0. The molecule has 3 aromatic rings. The average molecular weight is 471 g/mol. The fraction of sp³-hybridized carbons (Fsp3) is 0.381. The number of pyridine rings is 1. The normalized spacial score (nSPS) is 19.3. The molecule has 0 saturated carbocycles. The van der Waals surface area contributed by atoms with Crippen LogP contribution in [0.4, 0.5) is 4.39 Å². The van der Waals surface area contributed by atoms with E-state index in [2.05, 4.69) is 15.3 Å². The molecule has 2 unspecified atom stereocenters. The number of aliphatic hydroxyl groups is 2. The second-order valence-corrected chi connectivity index (χ2v) is 7.44. The summed E-state index contributed by atoms with van der Waals surface area (Å²) >= 11 is 0. The summed E-state index contributed by atoms with van der Waals surface area (Å²) in [4.78, 5) is 21.5. The van der Waals surface area contributed by atoms with Crippen LogP contribution in [-0.2, 0) is 6.54 Å². The Morgan fingerprint density at radius 1 is 1.26 bits per heavy atom. The maximum absolute atomic E-state index is 13.5. The third-order valence-electron chi connectivity index (χ3n) is 5.28. The molecule has 0 aliphatic carbocycles. The molecule has 0 bridgehead atoms. The monoisotopic (exact) mass is 470 g/mol. The lowest BCUT2D eigenvalue weighted by Gasteiger charge is -2.30. The first-order valence-corrected chi connectivity index (χ1v) is 9.73. The van der Waals surface area contributed by atoms with Gasteiger partial charge >= 0.3 is 0 Å². The van der Waals surface area contributed by atoms with Gasteiger partial charge in [0, 0.05) is 11.6 Å². The van der Waals surface area contributed by atoms with Crippen LogP contribution < -0.4 is 10.9 Å². The highest BCUT2D eigenvalue weighted by atomic mass is 35.5. The van der Waals surface area contributed by atoms with Crippen molar-refractivity contribution in [2.75, 3.05) is 6.54 Å². The molecule has 7 nitrogen and oxygen atoms in total. The number of nitrogens with zero attached hydrogens (tertiary/aromatic N) is 3. The van der Waals surface area contributed by atoms with Gasteiger partial charge in [0.05, 0.1) is 36.3 Å². The quantitative estimate of drug-likeness (QED) is 0.528. The highest BCUT2D eigenvalue weighted by Crippen LogP contribution is 2.20. The van der Waals surface area contributed by atoms with Crippen molar-refractivity contribution in [1.82, 2.24) is 19.9 Å². The van der Waals surface area contributed by atoms with Gasteiger partial charge in [-0.2, -0.15) is 0 Å². The number of hydrogen-bond acceptors (Lipinski definition) is 6. The molecule has 1 saturated heterocycles. The first kappa shape index (κ1) is 25.2. The molecule has 168 valence electrons. The Labute approximate surface area is 191 Å². The first-order valence-electron chi connectivity index (χ1n) is 9.73. The largest absolute Gasteiger partial charge is 0.392 e. The standard InChI is InChI=1S/C21H23FN4O3.2ClH/c22-14-4-1-3-13(9-14)16-6-7-17-20(25-16)21(29)26(12-24-17)11-15(27)10-18-19(28)5-2-8-23-18;;/h1,3-4,6-7,9,12,15,18-19,23,27-28H,2,5,8,10-11H2;2*1H/t15?,18?,19-;;/m0../s1. The summed E-state index contributed by atoms with van der Waals surface area (Å²) in [6.45, 7) is 0.858. The van der Waals surface area contributed by atoms with E-state index in [1.54, 1.807) is 24.3 Å². The highest BCUT2D eigenvalue weighted by molar-refractivity contribution is 5.85. The number of fused-ring (bicyclic) bond motifs is 1. The predicted molar refractivity (Wildman–Crippen MR) is 121 cm³/mol. The Morgan fingerprint density at radius 3 is 2.81 bits per heavy atom. The second-order valence-electron chi connectivity index (χ2n) is 7.44. The minimum absolute atomic E-state index is 0. The third kappa shape index (κ3) is 5.78. The van der Waals surface area contributed by atoms with Crippen molar-refractivity contribution in [3.05, 3.63) is 58.9 Å². The Kier molecular flexibility index (Phi) is 8.90. The minimum atomic E-state index is -0.816. The van der Waals surface area contributed by atoms with E-state index in [1.165, 1.54) is 23.0 Å². The van der Waals surface area contributed by atoms with Crippen molar-refractivity contribution in [3.63, 3.8) is 0 Å². The minimum Gasteiger partial charge on any atom is -0.392 e. The van der Waals surface area contributed by atoms with Crippen molar-refractivity contribution in [2.24, 2.45) is 0 Å². The molecule has 0 spiro atoms. The molecule has 0 radical (unpaired) electrons. The van der Waals surface area contributed by atoms with Crippen LogP contribution in [0.15, 0.2) is 47.5 Å². The topological polar surface area (TPSA) is 100 Å². The van der Waals surface area contributed by atoms with Crippen LogP contribution in [0.1, 0.15) is 19.3 Å². The molecular weight excluding hydrogens is 446 g/mol. The summed E-state index contributed by atoms with van der Waals surface area (Å²) in [7, 11) is 0. The third-order valence-corrected chi connectivity index (χ3v) is 5.28. The van der Waals surface area contributed by atoms with E-state index in [4.69, 9.17) is 0 Å². The number of benzene rings is 1. The molecule has 10 heteroatoms. The SMILES string of the molecule is Cl.Cl.O=c1c2nc(-c3cccc(F)c3)ccc2ncn1CC(O)CC1NCCC[C@@H]1O. The molecular formula is C21H25Cl2FN4O3. The summed E-state index contributed by atoms with van der Waals surface area (Å²) in [6, 6.07) is 9.18. The number of nitrogens with one attached hydrogen (secondary N) is 1. The van der Waals surface area contributed by atoms with Gasteiger partial charge in [-0.05, 0) is 50.1 Å². The van der Waals surface area contributed by atoms with E-state index in [0.29, 0.717) is 29.6 Å². The fourth-order valence-electron chi connectivity index (χ4n) is 3.74. The maximum atomic E-state index is 13.5. The van der Waals surface area contributed by atoms with E-state index < -0.39 is 12.2 Å². The second kappa shape index (κ2) is 11.0. The smallest absolute Gasteiger partial charge is 0.279 e. The predicted octanol–water partition coefficient (Wildman–Crippen LogP) is 2.31. The molecule has 2 aromatic heterocycles. The van der Waals surface area contributed by atoms with Crippen LogP contribution >= 0.6 is 24.8 Å². The number of rotatable bonds is 5. The van der Waals surface area contributed by atoms with E-state index in [0.717, 1.165) is 13.0 Å². The number of aliphatic hydroxyl groups excluding tert-OH is 2. The zero-order valence-electron chi connectivity index (χ0n) is 16.6. The van der Waals surface area contributed by atoms with Gasteiger partial charge in [-0.15, -0.1) is 24.8 Å². The number of hydrogen-bond donors (Lipinski definition) is 3. The van der Waals surface area contributed by atoms with Crippen LogP contribution in [0.2, 0.25) is 0 Å². The van der Waals surface area contributed by atoms with Crippen LogP contribution in [-0.4, -0.2) is 49.5 Å². The Balaban J connectivity index is 0.00000171. The molecule has 0 amide bonds. The number of halogens is 3. The van der Waals surface area contributed by atoms with Gasteiger partial charge in [0.1, 0.15) is 5.82 Å². The number of aromatic nitrogens is 3. The van der Waals surface area contributed by atoms with Gasteiger partial charge < -0.3 is 15.5 Å². The summed E-state index contributed by atoms with van der Waals surface area (Å²) < 4.78 is 14.8. The Hall–Kier alpha value is -2.10. The molecule has 3 atom stereocenters. The average Bonchev–Trinajstić information content (AvgIpc) is 2.72. The summed E-state index contributed by atoms with van der Waals surface area (Å²) in [5, 5.41) is 23.7. The van der Waals surface area contributed by atoms with E-state index in [-0.39, 0.29) is 54.3 Å². The summed E-state index contributed by atoms with van der Waals surface area (Å²) in [5.41, 5.74) is 1.27. The zero-order valence-corrected chi connectivity index (χ0v) is 18.3. The Bertz CT molecular complexity index is 1080. The van der Waals surface area contributed by atoms with Gasteiger partial charge in [-0.25, -0.2) is 14.4 Å². The van der Waals surface area contributed by atoms with Gasteiger partial charge in [0.2, 0.25) is 0 Å². The molecule has 1 aliphatic heterocycles. The van der Waals surface area contributed by atoms with Crippen molar-refractivity contribution in [2.45, 2.75) is 44.1 Å².